The van der Waals surface area contributed by atoms with Crippen LogP contribution < -0.4 is 20.1 Å². The van der Waals surface area contributed by atoms with Gasteiger partial charge in [-0.1, -0.05) is 48.5 Å². The van der Waals surface area contributed by atoms with Gasteiger partial charge in [0.2, 0.25) is 12.7 Å². The third-order valence-corrected chi connectivity index (χ3v) is 4.66. The van der Waals surface area contributed by atoms with Crippen LogP contribution in [0.4, 0.5) is 11.4 Å². The average Bonchev–Trinajstić information content (AvgIpc) is 3.18. The Morgan fingerprint density at radius 3 is 2.57 bits per heavy atom. The summed E-state index contributed by atoms with van der Waals surface area (Å²) in [7, 11) is 0. The van der Waals surface area contributed by atoms with Gasteiger partial charge in [0.25, 0.3) is 0 Å². The molecule has 28 heavy (non-hydrogen) atoms. The molecule has 0 unspecified atom stereocenters. The molecule has 0 spiro atoms. The van der Waals surface area contributed by atoms with Crippen molar-refractivity contribution in [3.05, 3.63) is 83.9 Å². The maximum Gasteiger partial charge on any atom is 0.246 e. The fourth-order valence-electron chi connectivity index (χ4n) is 3.15. The Bertz CT molecular complexity index is 973. The van der Waals surface area contributed by atoms with E-state index < -0.39 is 6.04 Å². The van der Waals surface area contributed by atoms with E-state index in [1.165, 1.54) is 5.56 Å². The second-order valence-electron chi connectivity index (χ2n) is 6.74. The van der Waals surface area contributed by atoms with Gasteiger partial charge in [0.1, 0.15) is 6.04 Å². The van der Waals surface area contributed by atoms with Crippen LogP contribution in [-0.4, -0.2) is 18.7 Å². The Hall–Kier alpha value is -3.47. The summed E-state index contributed by atoms with van der Waals surface area (Å²) in [4.78, 5) is 12.6. The number of benzene rings is 3. The van der Waals surface area contributed by atoms with Crippen LogP contribution in [0.2, 0.25) is 0 Å². The molecule has 3 aromatic carbocycles. The quantitative estimate of drug-likeness (QED) is 0.669. The summed E-state index contributed by atoms with van der Waals surface area (Å²) < 4.78 is 10.7. The number of carbonyl (C=O) groups is 1. The second kappa shape index (κ2) is 8.05. The molecule has 1 heterocycles. The minimum Gasteiger partial charge on any atom is -0.454 e. The fourth-order valence-corrected chi connectivity index (χ4v) is 3.15. The molecule has 0 fully saturated rings. The standard InChI is InChI=1S/C23H22N2O3/c1-16(23(26)25-19-11-12-21-22(14-19)28-15-27-21)24-20-10-6-5-9-18(20)13-17-7-3-2-4-8-17/h2-12,14,16,24H,13,15H2,1H3,(H,25,26)/t16-/m0/s1. The summed E-state index contributed by atoms with van der Waals surface area (Å²) in [5.74, 6) is 1.22. The van der Waals surface area contributed by atoms with Crippen LogP contribution in [0, 0.1) is 0 Å². The van der Waals surface area contributed by atoms with Crippen molar-refractivity contribution in [1.29, 1.82) is 0 Å². The predicted molar refractivity (Wildman–Crippen MR) is 110 cm³/mol. The number of carbonyl (C=O) groups excluding carboxylic acids is 1. The normalized spacial score (nSPS) is 13.0. The van der Waals surface area contributed by atoms with Gasteiger partial charge in [-0.05, 0) is 42.7 Å². The largest absolute Gasteiger partial charge is 0.454 e. The number of hydrogen-bond acceptors (Lipinski definition) is 4. The van der Waals surface area contributed by atoms with E-state index in [2.05, 4.69) is 28.8 Å². The molecule has 0 saturated carbocycles. The average molecular weight is 374 g/mol. The SMILES string of the molecule is C[C@H](Nc1ccccc1Cc1ccccc1)C(=O)Nc1ccc2c(c1)OCO2. The van der Waals surface area contributed by atoms with Crippen molar-refractivity contribution in [2.75, 3.05) is 17.4 Å². The molecule has 5 nitrogen and oxygen atoms in total. The number of ether oxygens (including phenoxy) is 2. The van der Waals surface area contributed by atoms with Crippen molar-refractivity contribution >= 4 is 17.3 Å². The molecule has 4 rings (SSSR count). The van der Waals surface area contributed by atoms with E-state index in [0.29, 0.717) is 17.2 Å². The lowest BCUT2D eigenvalue weighted by Crippen LogP contribution is -2.32. The Labute approximate surface area is 164 Å². The Morgan fingerprint density at radius 2 is 1.71 bits per heavy atom. The highest BCUT2D eigenvalue weighted by atomic mass is 16.7. The van der Waals surface area contributed by atoms with Crippen LogP contribution >= 0.6 is 0 Å². The molecule has 2 N–H and O–H groups in total. The third kappa shape index (κ3) is 4.09. The van der Waals surface area contributed by atoms with Crippen LogP contribution in [0.3, 0.4) is 0 Å². The van der Waals surface area contributed by atoms with Gasteiger partial charge in [0.05, 0.1) is 0 Å². The monoisotopic (exact) mass is 374 g/mol. The molecule has 5 heteroatoms. The summed E-state index contributed by atoms with van der Waals surface area (Å²) in [5.41, 5.74) is 4.02. The zero-order valence-electron chi connectivity index (χ0n) is 15.6. The highest BCUT2D eigenvalue weighted by Crippen LogP contribution is 2.34. The smallest absolute Gasteiger partial charge is 0.246 e. The number of para-hydroxylation sites is 1. The van der Waals surface area contributed by atoms with E-state index in [1.807, 2.05) is 49.4 Å². The van der Waals surface area contributed by atoms with E-state index in [9.17, 15) is 4.79 Å². The number of anilines is 2. The van der Waals surface area contributed by atoms with E-state index in [4.69, 9.17) is 9.47 Å². The van der Waals surface area contributed by atoms with Crippen LogP contribution in [-0.2, 0) is 11.2 Å². The van der Waals surface area contributed by atoms with Crippen LogP contribution in [0.1, 0.15) is 18.1 Å². The van der Waals surface area contributed by atoms with E-state index in [0.717, 1.165) is 17.7 Å². The van der Waals surface area contributed by atoms with Gasteiger partial charge >= 0.3 is 0 Å². The Morgan fingerprint density at radius 1 is 0.964 bits per heavy atom. The summed E-state index contributed by atoms with van der Waals surface area (Å²) >= 11 is 0. The highest BCUT2D eigenvalue weighted by Gasteiger charge is 2.17. The predicted octanol–water partition coefficient (Wildman–Crippen LogP) is 4.45. The van der Waals surface area contributed by atoms with Gasteiger partial charge in [0, 0.05) is 17.4 Å². The van der Waals surface area contributed by atoms with Crippen LogP contribution in [0.25, 0.3) is 0 Å². The summed E-state index contributed by atoms with van der Waals surface area (Å²) in [6.45, 7) is 2.06. The van der Waals surface area contributed by atoms with Gasteiger partial charge in [0.15, 0.2) is 11.5 Å². The minimum absolute atomic E-state index is 0.117. The number of amides is 1. The zero-order valence-corrected chi connectivity index (χ0v) is 15.6. The molecular weight excluding hydrogens is 352 g/mol. The van der Waals surface area contributed by atoms with Crippen molar-refractivity contribution in [3.8, 4) is 11.5 Å². The molecule has 142 valence electrons. The molecular formula is C23H22N2O3. The molecule has 0 aromatic heterocycles. The van der Waals surface area contributed by atoms with Crippen LogP contribution in [0.5, 0.6) is 11.5 Å². The van der Waals surface area contributed by atoms with Gasteiger partial charge < -0.3 is 20.1 Å². The molecule has 1 atom stereocenters. The van der Waals surface area contributed by atoms with Crippen molar-refractivity contribution < 1.29 is 14.3 Å². The highest BCUT2D eigenvalue weighted by molar-refractivity contribution is 5.96. The molecule has 1 aliphatic rings. The lowest BCUT2D eigenvalue weighted by atomic mass is 10.0. The molecule has 0 bridgehead atoms. The van der Waals surface area contributed by atoms with Crippen molar-refractivity contribution in [1.82, 2.24) is 0 Å². The topological polar surface area (TPSA) is 59.6 Å². The fraction of sp³-hybridized carbons (Fsp3) is 0.174. The molecule has 0 saturated heterocycles. The van der Waals surface area contributed by atoms with Crippen LogP contribution in [0.15, 0.2) is 72.8 Å². The van der Waals surface area contributed by atoms with Gasteiger partial charge in [-0.2, -0.15) is 0 Å². The second-order valence-corrected chi connectivity index (χ2v) is 6.74. The molecule has 1 amide bonds. The first-order valence-electron chi connectivity index (χ1n) is 9.28. The number of nitrogens with one attached hydrogen (secondary N) is 2. The number of fused-ring (bicyclic) bond motifs is 1. The summed E-state index contributed by atoms with van der Waals surface area (Å²) in [6, 6.07) is 23.3. The summed E-state index contributed by atoms with van der Waals surface area (Å²) in [6.07, 6.45) is 0.806. The number of hydrogen-bond donors (Lipinski definition) is 2. The van der Waals surface area contributed by atoms with Gasteiger partial charge in [-0.15, -0.1) is 0 Å². The molecule has 0 aliphatic carbocycles. The van der Waals surface area contributed by atoms with E-state index >= 15 is 0 Å². The summed E-state index contributed by atoms with van der Waals surface area (Å²) in [5, 5.41) is 6.26. The lowest BCUT2D eigenvalue weighted by Gasteiger charge is -2.18. The van der Waals surface area contributed by atoms with Gasteiger partial charge in [-0.3, -0.25) is 4.79 Å². The minimum atomic E-state index is -0.401. The Kier molecular flexibility index (Phi) is 5.15. The van der Waals surface area contributed by atoms with Gasteiger partial charge in [-0.25, -0.2) is 0 Å². The lowest BCUT2D eigenvalue weighted by molar-refractivity contribution is -0.116. The van der Waals surface area contributed by atoms with Crippen molar-refractivity contribution in [2.45, 2.75) is 19.4 Å². The van der Waals surface area contributed by atoms with Crippen molar-refractivity contribution in [2.24, 2.45) is 0 Å². The molecule has 3 aromatic rings. The zero-order chi connectivity index (χ0) is 19.3. The van der Waals surface area contributed by atoms with E-state index in [1.54, 1.807) is 12.1 Å². The van der Waals surface area contributed by atoms with Crippen molar-refractivity contribution in [3.63, 3.8) is 0 Å². The maximum absolute atomic E-state index is 12.6. The number of rotatable bonds is 6. The molecule has 1 aliphatic heterocycles. The first kappa shape index (κ1) is 17.9. The molecule has 0 radical (unpaired) electrons. The van der Waals surface area contributed by atoms with E-state index in [-0.39, 0.29) is 12.7 Å². The third-order valence-electron chi connectivity index (χ3n) is 4.66. The first-order valence-corrected chi connectivity index (χ1v) is 9.28. The maximum atomic E-state index is 12.6. The first-order chi connectivity index (χ1) is 13.7. The Balaban J connectivity index is 1.43.